The van der Waals surface area contributed by atoms with Crippen molar-refractivity contribution in [2.75, 3.05) is 24.7 Å². The summed E-state index contributed by atoms with van der Waals surface area (Å²) in [5, 5.41) is 13.0. The molecule has 4 rings (SSSR count). The number of halogens is 1. The predicted octanol–water partition coefficient (Wildman–Crippen LogP) is -0.361. The Bertz CT molecular complexity index is 710. The summed E-state index contributed by atoms with van der Waals surface area (Å²) in [6, 6.07) is 2.60. The molecule has 0 unspecified atom stereocenters. The van der Waals surface area contributed by atoms with E-state index in [-0.39, 0.29) is 48.4 Å². The fourth-order valence-electron chi connectivity index (χ4n) is 3.65. The molecule has 0 bridgehead atoms. The smallest absolute Gasteiger partial charge is 0.248 e. The lowest BCUT2D eigenvalue weighted by Gasteiger charge is -2.19. The molecule has 2 aliphatic heterocycles. The largest absolute Gasteiger partial charge is 0.506 e. The molecule has 7 nitrogen and oxygen atoms in total. The number of ether oxygens (including phenoxy) is 1. The highest BCUT2D eigenvalue weighted by molar-refractivity contribution is 5.87. The second kappa shape index (κ2) is 4.82. The number of nitrogens with two attached hydrogens (primary N) is 1. The molecule has 2 heterocycles. The third kappa shape index (κ3) is 2.13. The van der Waals surface area contributed by atoms with Crippen LogP contribution in [0.15, 0.2) is 12.1 Å². The monoisotopic (exact) mass is 321 g/mol. The van der Waals surface area contributed by atoms with Gasteiger partial charge in [0.2, 0.25) is 11.8 Å². The highest BCUT2D eigenvalue weighted by atomic mass is 19.1. The van der Waals surface area contributed by atoms with Gasteiger partial charge in [-0.05, 0) is 17.5 Å². The molecule has 2 saturated heterocycles. The first-order chi connectivity index (χ1) is 11.0. The van der Waals surface area contributed by atoms with Crippen LogP contribution in [0.4, 0.5) is 10.1 Å². The average Bonchev–Trinajstić information content (AvgIpc) is 2.82. The molecule has 1 saturated carbocycles. The number of nitrogens with one attached hydrogen (secondary N) is 1. The van der Waals surface area contributed by atoms with Crippen LogP contribution >= 0.6 is 0 Å². The van der Waals surface area contributed by atoms with Crippen LogP contribution in [-0.2, 0) is 14.3 Å². The number of carbonyl (C=O) groups excluding carboxylic acids is 2. The van der Waals surface area contributed by atoms with Crippen molar-refractivity contribution < 1.29 is 23.8 Å². The van der Waals surface area contributed by atoms with Crippen molar-refractivity contribution >= 4 is 17.5 Å². The van der Waals surface area contributed by atoms with E-state index in [1.54, 1.807) is 4.90 Å². The number of piperidine rings is 1. The molecule has 23 heavy (non-hydrogen) atoms. The molecule has 1 aromatic carbocycles. The topological polar surface area (TPSA) is 105 Å². The molecule has 3 aliphatic rings. The number of anilines is 1. The van der Waals surface area contributed by atoms with Gasteiger partial charge in [0, 0.05) is 18.5 Å². The van der Waals surface area contributed by atoms with Gasteiger partial charge in [-0.15, -0.1) is 0 Å². The molecular formula is C15H16FN3O4. The number of primary amides is 1. The highest BCUT2D eigenvalue weighted by Crippen LogP contribution is 2.57. The van der Waals surface area contributed by atoms with Gasteiger partial charge in [-0.25, -0.2) is 4.39 Å². The third-order valence-electron chi connectivity index (χ3n) is 4.91. The Morgan fingerprint density at radius 2 is 2.22 bits per heavy atom. The van der Waals surface area contributed by atoms with E-state index in [0.717, 1.165) is 0 Å². The third-order valence-corrected chi connectivity index (χ3v) is 4.91. The maximum atomic E-state index is 14.5. The first-order valence-electron chi connectivity index (χ1n) is 7.43. The Balaban J connectivity index is 1.58. The number of carbonyl (C=O) groups is 2. The number of hydrogen-bond donors (Lipinski definition) is 3. The Morgan fingerprint density at radius 3 is 2.83 bits per heavy atom. The maximum absolute atomic E-state index is 14.5. The average molecular weight is 321 g/mol. The van der Waals surface area contributed by atoms with Crippen LogP contribution in [0, 0.1) is 17.7 Å². The standard InChI is InChI=1S/C15H16FN3O4/c16-8-2-9(19-4-11(14(17)21)23-5-19)10(20)1-6(8)12-7-3-18-15(22)13(7)12/h1-2,7,11-13,20H,3-5H2,(H2,17,21)(H,18,22)/t7-,11-,12-,13-/m1/s1. The predicted molar refractivity (Wildman–Crippen MR) is 77.1 cm³/mol. The second-order valence-electron chi connectivity index (χ2n) is 6.23. The molecule has 1 aromatic rings. The zero-order valence-corrected chi connectivity index (χ0v) is 12.2. The summed E-state index contributed by atoms with van der Waals surface area (Å²) in [5.74, 6) is -1.47. The number of hydrogen-bond acceptors (Lipinski definition) is 5. The summed E-state index contributed by atoms with van der Waals surface area (Å²) >= 11 is 0. The molecule has 4 N–H and O–H groups in total. The van der Waals surface area contributed by atoms with Crippen molar-refractivity contribution in [3.8, 4) is 5.75 Å². The van der Waals surface area contributed by atoms with Crippen molar-refractivity contribution in [1.29, 1.82) is 0 Å². The summed E-state index contributed by atoms with van der Waals surface area (Å²) in [4.78, 5) is 24.3. The minimum absolute atomic E-state index is 0.0526. The minimum atomic E-state index is -0.774. The summed E-state index contributed by atoms with van der Waals surface area (Å²) in [6.45, 7) is 0.770. The number of benzene rings is 1. The van der Waals surface area contributed by atoms with Gasteiger partial charge in [-0.3, -0.25) is 9.59 Å². The summed E-state index contributed by atoms with van der Waals surface area (Å²) < 4.78 is 19.7. The van der Waals surface area contributed by atoms with Crippen molar-refractivity contribution in [3.63, 3.8) is 0 Å². The molecule has 1 aliphatic carbocycles. The van der Waals surface area contributed by atoms with Crippen molar-refractivity contribution in [1.82, 2.24) is 5.32 Å². The number of phenolic OH excluding ortho intramolecular Hbond substituents is 1. The SMILES string of the molecule is NC(=O)[C@H]1CN(c2cc(F)c([C@@H]3[C@H]4CNC(=O)[C@H]43)cc2O)CO1. The second-order valence-corrected chi connectivity index (χ2v) is 6.23. The van der Waals surface area contributed by atoms with Crippen LogP contribution in [0.1, 0.15) is 11.5 Å². The lowest BCUT2D eigenvalue weighted by molar-refractivity contribution is -0.126. The first-order valence-corrected chi connectivity index (χ1v) is 7.43. The van der Waals surface area contributed by atoms with Crippen LogP contribution in [0.3, 0.4) is 0 Å². The van der Waals surface area contributed by atoms with Crippen LogP contribution < -0.4 is 16.0 Å². The van der Waals surface area contributed by atoms with Crippen molar-refractivity contribution in [3.05, 3.63) is 23.5 Å². The number of amides is 2. The van der Waals surface area contributed by atoms with Crippen LogP contribution in [0.5, 0.6) is 5.75 Å². The normalized spacial score (nSPS) is 31.9. The highest BCUT2D eigenvalue weighted by Gasteiger charge is 2.60. The molecule has 8 heteroatoms. The van der Waals surface area contributed by atoms with E-state index in [4.69, 9.17) is 10.5 Å². The Morgan fingerprint density at radius 1 is 1.43 bits per heavy atom. The molecule has 4 atom stereocenters. The fraction of sp³-hybridized carbons (Fsp3) is 0.467. The number of aromatic hydroxyl groups is 1. The van der Waals surface area contributed by atoms with Gasteiger partial charge in [-0.2, -0.15) is 0 Å². The van der Waals surface area contributed by atoms with Gasteiger partial charge in [0.25, 0.3) is 0 Å². The molecule has 2 amide bonds. The van der Waals surface area contributed by atoms with Gasteiger partial charge in [0.1, 0.15) is 18.3 Å². The Kier molecular flexibility index (Phi) is 2.99. The van der Waals surface area contributed by atoms with Crippen LogP contribution in [-0.4, -0.2) is 42.8 Å². The molecular weight excluding hydrogens is 305 g/mol. The maximum Gasteiger partial charge on any atom is 0.248 e. The number of fused-ring (bicyclic) bond motifs is 1. The van der Waals surface area contributed by atoms with Crippen LogP contribution in [0.25, 0.3) is 0 Å². The van der Waals surface area contributed by atoms with E-state index >= 15 is 0 Å². The lowest BCUT2D eigenvalue weighted by atomic mass is 10.0. The molecule has 0 radical (unpaired) electrons. The van der Waals surface area contributed by atoms with Gasteiger partial charge < -0.3 is 25.8 Å². The van der Waals surface area contributed by atoms with Gasteiger partial charge in [0.05, 0.1) is 18.2 Å². The Labute approximate surface area is 131 Å². The zero-order chi connectivity index (χ0) is 16.3. The molecule has 122 valence electrons. The number of nitrogens with zero attached hydrogens (tertiary/aromatic N) is 1. The molecule has 0 aromatic heterocycles. The van der Waals surface area contributed by atoms with E-state index in [1.165, 1.54) is 12.1 Å². The van der Waals surface area contributed by atoms with Crippen molar-refractivity contribution in [2.24, 2.45) is 17.6 Å². The van der Waals surface area contributed by atoms with E-state index in [0.29, 0.717) is 12.1 Å². The van der Waals surface area contributed by atoms with E-state index in [2.05, 4.69) is 5.32 Å². The summed E-state index contributed by atoms with van der Waals surface area (Å²) in [6.07, 6.45) is -0.774. The molecule has 0 spiro atoms. The van der Waals surface area contributed by atoms with Crippen LogP contribution in [0.2, 0.25) is 0 Å². The Hall–Kier alpha value is -2.35. The van der Waals surface area contributed by atoms with Gasteiger partial charge in [0.15, 0.2) is 6.10 Å². The first kappa shape index (κ1) is 14.3. The minimum Gasteiger partial charge on any atom is -0.506 e. The fourth-order valence-corrected chi connectivity index (χ4v) is 3.65. The van der Waals surface area contributed by atoms with E-state index in [1.807, 2.05) is 0 Å². The van der Waals surface area contributed by atoms with Gasteiger partial charge >= 0.3 is 0 Å². The van der Waals surface area contributed by atoms with E-state index in [9.17, 15) is 19.1 Å². The summed E-state index contributed by atoms with van der Waals surface area (Å²) in [5.41, 5.74) is 5.80. The van der Waals surface area contributed by atoms with E-state index < -0.39 is 17.8 Å². The molecule has 3 fully saturated rings. The lowest BCUT2D eigenvalue weighted by Crippen LogP contribution is -2.32. The summed E-state index contributed by atoms with van der Waals surface area (Å²) in [7, 11) is 0. The zero-order valence-electron chi connectivity index (χ0n) is 12.2. The number of rotatable bonds is 3. The van der Waals surface area contributed by atoms with Crippen molar-refractivity contribution in [2.45, 2.75) is 12.0 Å². The van der Waals surface area contributed by atoms with Gasteiger partial charge in [-0.1, -0.05) is 0 Å². The quantitative estimate of drug-likeness (QED) is 0.705. The number of phenols is 1.